The summed E-state index contributed by atoms with van der Waals surface area (Å²) in [6, 6.07) is 3.91. The number of carbonyl (C=O) groups excluding carboxylic acids is 1. The van der Waals surface area contributed by atoms with Gasteiger partial charge in [-0.25, -0.2) is 28.1 Å². The number of anilines is 1. The molecule has 0 amide bonds. The van der Waals surface area contributed by atoms with Gasteiger partial charge in [0.05, 0.1) is 5.75 Å². The molecular formula is C17H17IN6O3S2. The number of aryl methyl sites for hydroxylation is 2. The number of fused-ring (bicyclic) bond motifs is 2. The van der Waals surface area contributed by atoms with Crippen LogP contribution in [0.3, 0.4) is 0 Å². The standard InChI is InChI=1S/C17H17IN6O3S2/c1-20-29(26,27)5-4-24-16-14(15(19)21-8-22-16)23-17(24)28-13-7-10-9(6-11(13)18)2-3-12(10)25/h6-8,20H,2-5H2,1H3,(H2,19,21,22). The van der Waals surface area contributed by atoms with Gasteiger partial charge in [0.15, 0.2) is 27.9 Å². The van der Waals surface area contributed by atoms with Crippen LogP contribution in [-0.2, 0) is 23.0 Å². The minimum absolute atomic E-state index is 0.133. The summed E-state index contributed by atoms with van der Waals surface area (Å²) in [6.45, 7) is 0.152. The predicted octanol–water partition coefficient (Wildman–Crippen LogP) is 1.84. The average molecular weight is 544 g/mol. The smallest absolute Gasteiger partial charge is 0.213 e. The van der Waals surface area contributed by atoms with Crippen molar-refractivity contribution >= 4 is 67.1 Å². The van der Waals surface area contributed by atoms with Crippen molar-refractivity contribution in [1.29, 1.82) is 0 Å². The van der Waals surface area contributed by atoms with E-state index in [2.05, 4.69) is 42.3 Å². The van der Waals surface area contributed by atoms with Crippen LogP contribution in [0, 0.1) is 3.57 Å². The molecule has 1 aliphatic rings. The van der Waals surface area contributed by atoms with Gasteiger partial charge in [0.1, 0.15) is 6.33 Å². The number of nitrogens with one attached hydrogen (secondary N) is 1. The first-order valence-corrected chi connectivity index (χ1v) is 12.2. The number of hydrogen-bond acceptors (Lipinski definition) is 8. The molecule has 0 spiro atoms. The summed E-state index contributed by atoms with van der Waals surface area (Å²) in [5.41, 5.74) is 8.65. The van der Waals surface area contributed by atoms with Crippen molar-refractivity contribution in [2.75, 3.05) is 18.5 Å². The molecule has 2 aromatic heterocycles. The number of nitrogen functional groups attached to an aromatic ring is 1. The predicted molar refractivity (Wildman–Crippen MR) is 119 cm³/mol. The molecule has 0 bridgehead atoms. The summed E-state index contributed by atoms with van der Waals surface area (Å²) >= 11 is 3.59. The maximum Gasteiger partial charge on any atom is 0.213 e. The Hall–Kier alpha value is -1.77. The first kappa shape index (κ1) is 20.5. The lowest BCUT2D eigenvalue weighted by molar-refractivity contribution is 0.0994. The van der Waals surface area contributed by atoms with Crippen LogP contribution < -0.4 is 10.5 Å². The number of carbonyl (C=O) groups is 1. The molecule has 3 aromatic rings. The maximum absolute atomic E-state index is 12.1. The fourth-order valence-corrected chi connectivity index (χ4v) is 5.59. The number of Topliss-reactive ketones (excluding diaryl/α,β-unsaturated/α-hetero) is 1. The number of aromatic nitrogens is 4. The SMILES string of the molecule is CNS(=O)(=O)CCn1c(Sc2cc3c(cc2I)CCC3=O)nc2c(N)ncnc21. The summed E-state index contributed by atoms with van der Waals surface area (Å²) in [5, 5.41) is 0.543. The summed E-state index contributed by atoms with van der Waals surface area (Å²) in [4.78, 5) is 25.8. The second-order valence-electron chi connectivity index (χ2n) is 6.47. The number of benzene rings is 1. The number of nitrogens with two attached hydrogens (primary N) is 1. The molecule has 1 aliphatic carbocycles. The lowest BCUT2D eigenvalue weighted by atomic mass is 10.1. The molecule has 0 atom stereocenters. The Balaban J connectivity index is 1.77. The van der Waals surface area contributed by atoms with E-state index >= 15 is 0 Å². The molecule has 0 fully saturated rings. The monoisotopic (exact) mass is 544 g/mol. The first-order chi connectivity index (χ1) is 13.8. The van der Waals surface area contributed by atoms with Gasteiger partial charge < -0.3 is 10.3 Å². The summed E-state index contributed by atoms with van der Waals surface area (Å²) < 4.78 is 28.9. The zero-order valence-corrected chi connectivity index (χ0v) is 19.1. The van der Waals surface area contributed by atoms with E-state index in [1.807, 2.05) is 12.1 Å². The highest BCUT2D eigenvalue weighted by Gasteiger charge is 2.23. The van der Waals surface area contributed by atoms with Gasteiger partial charge in [0.2, 0.25) is 10.0 Å². The van der Waals surface area contributed by atoms with Crippen LogP contribution in [0.2, 0.25) is 0 Å². The van der Waals surface area contributed by atoms with Crippen LogP contribution in [0.15, 0.2) is 28.5 Å². The van der Waals surface area contributed by atoms with E-state index in [-0.39, 0.29) is 23.9 Å². The normalized spacial score (nSPS) is 13.9. The van der Waals surface area contributed by atoms with E-state index in [4.69, 9.17) is 5.73 Å². The number of sulfonamides is 1. The number of rotatable bonds is 6. The first-order valence-electron chi connectivity index (χ1n) is 8.70. The molecule has 0 unspecified atom stereocenters. The fourth-order valence-electron chi connectivity index (χ4n) is 3.15. The fraction of sp³-hybridized carbons (Fsp3) is 0.294. The summed E-state index contributed by atoms with van der Waals surface area (Å²) in [5.74, 6) is 0.236. The minimum atomic E-state index is -3.42. The average Bonchev–Trinajstić information content (AvgIpc) is 3.22. The lowest BCUT2D eigenvalue weighted by Gasteiger charge is -2.10. The number of hydrogen-bond donors (Lipinski definition) is 2. The highest BCUT2D eigenvalue weighted by Crippen LogP contribution is 2.37. The molecule has 12 heteroatoms. The third kappa shape index (κ3) is 3.98. The molecule has 9 nitrogen and oxygen atoms in total. The van der Waals surface area contributed by atoms with Gasteiger partial charge >= 0.3 is 0 Å². The van der Waals surface area contributed by atoms with Crippen molar-refractivity contribution in [1.82, 2.24) is 24.2 Å². The van der Waals surface area contributed by atoms with Crippen LogP contribution >= 0.6 is 34.4 Å². The van der Waals surface area contributed by atoms with Crippen molar-refractivity contribution < 1.29 is 13.2 Å². The molecule has 0 saturated heterocycles. The van der Waals surface area contributed by atoms with Gasteiger partial charge in [-0.1, -0.05) is 11.8 Å². The highest BCUT2D eigenvalue weighted by molar-refractivity contribution is 14.1. The molecule has 4 rings (SSSR count). The van der Waals surface area contributed by atoms with Crippen LogP contribution in [0.25, 0.3) is 11.2 Å². The summed E-state index contributed by atoms with van der Waals surface area (Å²) in [6.07, 6.45) is 2.63. The Morgan fingerprint density at radius 3 is 2.86 bits per heavy atom. The molecule has 152 valence electrons. The second kappa shape index (κ2) is 7.81. The zero-order chi connectivity index (χ0) is 20.8. The van der Waals surface area contributed by atoms with Gasteiger partial charge in [-0.15, -0.1) is 0 Å². The third-order valence-electron chi connectivity index (χ3n) is 4.70. The van der Waals surface area contributed by atoms with Crippen LogP contribution in [0.5, 0.6) is 0 Å². The zero-order valence-electron chi connectivity index (χ0n) is 15.3. The van der Waals surface area contributed by atoms with Gasteiger partial charge in [-0.2, -0.15) is 0 Å². The number of imidazole rings is 1. The molecule has 0 saturated carbocycles. The van der Waals surface area contributed by atoms with E-state index in [0.717, 1.165) is 26.0 Å². The second-order valence-corrected chi connectivity index (χ2v) is 10.7. The van der Waals surface area contributed by atoms with Crippen molar-refractivity contribution in [3.63, 3.8) is 0 Å². The van der Waals surface area contributed by atoms with Gasteiger partial charge in [0, 0.05) is 27.0 Å². The van der Waals surface area contributed by atoms with E-state index in [1.165, 1.54) is 25.1 Å². The molecular weight excluding hydrogens is 527 g/mol. The van der Waals surface area contributed by atoms with Gasteiger partial charge in [-0.05, 0) is 53.8 Å². The quantitative estimate of drug-likeness (QED) is 0.450. The van der Waals surface area contributed by atoms with E-state index in [1.54, 1.807) is 4.57 Å². The number of nitrogens with zero attached hydrogens (tertiary/aromatic N) is 4. The Kier molecular flexibility index (Phi) is 5.52. The van der Waals surface area contributed by atoms with Crippen LogP contribution in [0.4, 0.5) is 5.82 Å². The Labute approximate surface area is 185 Å². The minimum Gasteiger partial charge on any atom is -0.382 e. The Morgan fingerprint density at radius 1 is 1.31 bits per heavy atom. The van der Waals surface area contributed by atoms with Gasteiger partial charge in [0.25, 0.3) is 0 Å². The van der Waals surface area contributed by atoms with Crippen molar-refractivity contribution in [3.05, 3.63) is 33.2 Å². The Bertz CT molecular complexity index is 1240. The van der Waals surface area contributed by atoms with Crippen molar-refractivity contribution in [2.24, 2.45) is 0 Å². The lowest BCUT2D eigenvalue weighted by Crippen LogP contribution is -2.25. The number of ketones is 1. The van der Waals surface area contributed by atoms with Crippen LogP contribution in [0.1, 0.15) is 22.3 Å². The third-order valence-corrected chi connectivity index (χ3v) is 8.35. The highest BCUT2D eigenvalue weighted by atomic mass is 127. The Morgan fingerprint density at radius 2 is 2.10 bits per heavy atom. The summed E-state index contributed by atoms with van der Waals surface area (Å²) in [7, 11) is -2.04. The molecule has 0 radical (unpaired) electrons. The topological polar surface area (TPSA) is 133 Å². The molecule has 1 aromatic carbocycles. The molecule has 0 aliphatic heterocycles. The molecule has 29 heavy (non-hydrogen) atoms. The van der Waals surface area contributed by atoms with Crippen molar-refractivity contribution in [2.45, 2.75) is 29.4 Å². The van der Waals surface area contributed by atoms with Crippen molar-refractivity contribution in [3.8, 4) is 0 Å². The van der Waals surface area contributed by atoms with E-state index in [0.29, 0.717) is 22.7 Å². The van der Waals surface area contributed by atoms with E-state index < -0.39 is 10.0 Å². The molecule has 2 heterocycles. The number of halogens is 1. The van der Waals surface area contributed by atoms with E-state index in [9.17, 15) is 13.2 Å². The molecule has 3 N–H and O–H groups in total. The maximum atomic E-state index is 12.1. The van der Waals surface area contributed by atoms with Crippen LogP contribution in [-0.4, -0.2) is 46.5 Å². The van der Waals surface area contributed by atoms with Gasteiger partial charge in [-0.3, -0.25) is 4.79 Å². The largest absolute Gasteiger partial charge is 0.382 e.